The zero-order valence-electron chi connectivity index (χ0n) is 15.4. The number of carbonyl (C=O) groups excluding carboxylic acids is 2. The van der Waals surface area contributed by atoms with Crippen LogP contribution in [0.5, 0.6) is 0 Å². The molecule has 0 radical (unpaired) electrons. The van der Waals surface area contributed by atoms with Crippen molar-refractivity contribution >= 4 is 29.3 Å². The first-order valence-electron chi connectivity index (χ1n) is 8.66. The second kappa shape index (κ2) is 9.38. The van der Waals surface area contributed by atoms with Crippen LogP contribution in [-0.4, -0.2) is 32.3 Å². The van der Waals surface area contributed by atoms with E-state index in [2.05, 4.69) is 29.4 Å². The Morgan fingerprint density at radius 3 is 2.42 bits per heavy atom. The Labute approximate surface area is 157 Å². The van der Waals surface area contributed by atoms with Crippen molar-refractivity contribution in [1.82, 2.24) is 14.8 Å². The number of benzene rings is 1. The van der Waals surface area contributed by atoms with Gasteiger partial charge >= 0.3 is 0 Å². The largest absolute Gasteiger partial charge is 0.370 e. The van der Waals surface area contributed by atoms with Gasteiger partial charge in [0.15, 0.2) is 5.16 Å². The Balaban J connectivity index is 1.99. The van der Waals surface area contributed by atoms with Crippen LogP contribution < -0.4 is 11.1 Å². The summed E-state index contributed by atoms with van der Waals surface area (Å²) in [6.07, 6.45) is 2.40. The standard InChI is InChI=1S/C18H25N5O2S/c1-4-12-7-6-8-13(5-2)17(12)20-16(25)11-26-18-22-21-15(23(18)3)10-9-14(19)24/h6-8H,4-5,9-11H2,1-3H3,(H2,19,24)(H,20,25). The van der Waals surface area contributed by atoms with E-state index in [4.69, 9.17) is 5.73 Å². The van der Waals surface area contributed by atoms with Gasteiger partial charge in [0, 0.05) is 25.6 Å². The van der Waals surface area contributed by atoms with Crippen molar-refractivity contribution in [1.29, 1.82) is 0 Å². The molecule has 140 valence electrons. The molecule has 3 N–H and O–H groups in total. The Morgan fingerprint density at radius 1 is 1.19 bits per heavy atom. The Morgan fingerprint density at radius 2 is 1.85 bits per heavy atom. The predicted molar refractivity (Wildman–Crippen MR) is 103 cm³/mol. The summed E-state index contributed by atoms with van der Waals surface area (Å²) < 4.78 is 1.79. The molecule has 0 saturated carbocycles. The van der Waals surface area contributed by atoms with Crippen LogP contribution in [0.4, 0.5) is 5.69 Å². The smallest absolute Gasteiger partial charge is 0.234 e. The molecule has 0 fully saturated rings. The molecular weight excluding hydrogens is 350 g/mol. The number of carbonyl (C=O) groups is 2. The maximum Gasteiger partial charge on any atom is 0.234 e. The highest BCUT2D eigenvalue weighted by Crippen LogP contribution is 2.23. The number of nitrogens with one attached hydrogen (secondary N) is 1. The quantitative estimate of drug-likeness (QED) is 0.653. The summed E-state index contributed by atoms with van der Waals surface area (Å²) in [4.78, 5) is 23.3. The first-order chi connectivity index (χ1) is 12.5. The van der Waals surface area contributed by atoms with Crippen LogP contribution in [0.25, 0.3) is 0 Å². The van der Waals surface area contributed by atoms with E-state index in [-0.39, 0.29) is 24.0 Å². The highest BCUT2D eigenvalue weighted by atomic mass is 32.2. The van der Waals surface area contributed by atoms with Gasteiger partial charge in [-0.15, -0.1) is 10.2 Å². The van der Waals surface area contributed by atoms with Crippen LogP contribution in [0.15, 0.2) is 23.4 Å². The number of para-hydroxylation sites is 1. The van der Waals surface area contributed by atoms with Gasteiger partial charge in [0.25, 0.3) is 0 Å². The van der Waals surface area contributed by atoms with E-state index in [1.165, 1.54) is 11.8 Å². The van der Waals surface area contributed by atoms with E-state index in [0.29, 0.717) is 17.4 Å². The zero-order chi connectivity index (χ0) is 19.1. The van der Waals surface area contributed by atoms with Gasteiger partial charge in [0.2, 0.25) is 11.8 Å². The van der Waals surface area contributed by atoms with Crippen LogP contribution in [0, 0.1) is 0 Å². The molecule has 0 spiro atoms. The molecule has 0 atom stereocenters. The predicted octanol–water partition coefficient (Wildman–Crippen LogP) is 2.09. The molecule has 0 saturated heterocycles. The van der Waals surface area contributed by atoms with Gasteiger partial charge in [-0.1, -0.05) is 43.8 Å². The minimum Gasteiger partial charge on any atom is -0.370 e. The van der Waals surface area contributed by atoms with Crippen LogP contribution in [0.3, 0.4) is 0 Å². The maximum atomic E-state index is 12.4. The lowest BCUT2D eigenvalue weighted by Gasteiger charge is -2.14. The van der Waals surface area contributed by atoms with Crippen LogP contribution in [-0.2, 0) is 35.9 Å². The van der Waals surface area contributed by atoms with Gasteiger partial charge in [-0.05, 0) is 24.0 Å². The number of hydrogen-bond donors (Lipinski definition) is 2. The van der Waals surface area contributed by atoms with Gasteiger partial charge in [-0.25, -0.2) is 0 Å². The summed E-state index contributed by atoms with van der Waals surface area (Å²) in [7, 11) is 1.82. The maximum absolute atomic E-state index is 12.4. The van der Waals surface area contributed by atoms with Crippen molar-refractivity contribution in [3.8, 4) is 0 Å². The third-order valence-electron chi connectivity index (χ3n) is 4.12. The number of nitrogens with zero attached hydrogens (tertiary/aromatic N) is 3. The molecular formula is C18H25N5O2S. The summed E-state index contributed by atoms with van der Waals surface area (Å²) in [5.74, 6) is 0.467. The van der Waals surface area contributed by atoms with E-state index >= 15 is 0 Å². The van der Waals surface area contributed by atoms with Crippen LogP contribution in [0.1, 0.15) is 37.2 Å². The number of anilines is 1. The van der Waals surface area contributed by atoms with Crippen molar-refractivity contribution in [2.45, 2.75) is 44.7 Å². The number of rotatable bonds is 9. The first-order valence-corrected chi connectivity index (χ1v) is 9.64. The molecule has 0 aliphatic carbocycles. The number of nitrogens with two attached hydrogens (primary N) is 1. The van der Waals surface area contributed by atoms with Gasteiger partial charge in [-0.2, -0.15) is 0 Å². The highest BCUT2D eigenvalue weighted by Gasteiger charge is 2.14. The van der Waals surface area contributed by atoms with Crippen molar-refractivity contribution in [2.24, 2.45) is 12.8 Å². The molecule has 2 amide bonds. The number of amides is 2. The zero-order valence-corrected chi connectivity index (χ0v) is 16.2. The van der Waals surface area contributed by atoms with E-state index in [1.807, 2.05) is 25.2 Å². The molecule has 26 heavy (non-hydrogen) atoms. The Kier molecular flexibility index (Phi) is 7.20. The summed E-state index contributed by atoms with van der Waals surface area (Å²) in [5, 5.41) is 11.8. The van der Waals surface area contributed by atoms with Crippen molar-refractivity contribution < 1.29 is 9.59 Å². The highest BCUT2D eigenvalue weighted by molar-refractivity contribution is 7.99. The summed E-state index contributed by atoms with van der Waals surface area (Å²) in [5.41, 5.74) is 8.35. The van der Waals surface area contributed by atoms with Gasteiger partial charge in [-0.3, -0.25) is 9.59 Å². The molecule has 1 heterocycles. The van der Waals surface area contributed by atoms with E-state index in [0.717, 1.165) is 29.7 Å². The van der Waals surface area contributed by atoms with Crippen LogP contribution in [0.2, 0.25) is 0 Å². The number of aromatic nitrogens is 3. The van der Waals surface area contributed by atoms with Gasteiger partial charge in [0.1, 0.15) is 5.82 Å². The number of aryl methyl sites for hydroxylation is 3. The number of hydrogen-bond acceptors (Lipinski definition) is 5. The lowest BCUT2D eigenvalue weighted by Crippen LogP contribution is -2.17. The minimum absolute atomic E-state index is 0.0766. The Hall–Kier alpha value is -2.35. The third kappa shape index (κ3) is 5.08. The molecule has 2 aromatic rings. The van der Waals surface area contributed by atoms with Gasteiger partial charge < -0.3 is 15.6 Å². The summed E-state index contributed by atoms with van der Waals surface area (Å²) in [6.45, 7) is 4.15. The van der Waals surface area contributed by atoms with Crippen molar-refractivity contribution in [3.63, 3.8) is 0 Å². The molecule has 0 unspecified atom stereocenters. The molecule has 8 heteroatoms. The van der Waals surface area contributed by atoms with Crippen LogP contribution >= 0.6 is 11.8 Å². The normalized spacial score (nSPS) is 10.7. The fourth-order valence-electron chi connectivity index (χ4n) is 2.63. The van der Waals surface area contributed by atoms with Crippen molar-refractivity contribution in [3.05, 3.63) is 35.2 Å². The Bertz CT molecular complexity index is 766. The van der Waals surface area contributed by atoms with E-state index < -0.39 is 0 Å². The number of primary amides is 1. The monoisotopic (exact) mass is 375 g/mol. The second-order valence-corrected chi connectivity index (χ2v) is 6.86. The average molecular weight is 375 g/mol. The fourth-order valence-corrected chi connectivity index (χ4v) is 3.36. The molecule has 0 aliphatic rings. The minimum atomic E-state index is -0.372. The second-order valence-electron chi connectivity index (χ2n) is 5.92. The molecule has 2 rings (SSSR count). The SMILES string of the molecule is CCc1cccc(CC)c1NC(=O)CSc1nnc(CCC(N)=O)n1C. The molecule has 7 nitrogen and oxygen atoms in total. The lowest BCUT2D eigenvalue weighted by molar-refractivity contribution is -0.118. The topological polar surface area (TPSA) is 103 Å². The van der Waals surface area contributed by atoms with E-state index in [1.54, 1.807) is 4.57 Å². The van der Waals surface area contributed by atoms with Crippen molar-refractivity contribution in [2.75, 3.05) is 11.1 Å². The molecule has 0 bridgehead atoms. The lowest BCUT2D eigenvalue weighted by atomic mass is 10.0. The van der Waals surface area contributed by atoms with Gasteiger partial charge in [0.05, 0.1) is 5.75 Å². The molecule has 1 aromatic carbocycles. The number of thioether (sulfide) groups is 1. The third-order valence-corrected chi connectivity index (χ3v) is 5.14. The summed E-state index contributed by atoms with van der Waals surface area (Å²) >= 11 is 1.32. The molecule has 0 aliphatic heterocycles. The van der Waals surface area contributed by atoms with E-state index in [9.17, 15) is 9.59 Å². The first kappa shape index (κ1) is 20.0. The average Bonchev–Trinajstić information content (AvgIpc) is 2.98. The fraction of sp³-hybridized carbons (Fsp3) is 0.444. The summed E-state index contributed by atoms with van der Waals surface area (Å²) in [6, 6.07) is 6.10. The molecule has 1 aromatic heterocycles.